The lowest BCUT2D eigenvalue weighted by Crippen LogP contribution is -2.47. The summed E-state index contributed by atoms with van der Waals surface area (Å²) in [5.41, 5.74) is -0.603. The van der Waals surface area contributed by atoms with E-state index in [9.17, 15) is 14.7 Å². The van der Waals surface area contributed by atoms with Gasteiger partial charge in [0.1, 0.15) is 0 Å². The Bertz CT molecular complexity index is 572. The van der Waals surface area contributed by atoms with E-state index in [1.807, 2.05) is 0 Å². The van der Waals surface area contributed by atoms with Crippen LogP contribution in [0.5, 0.6) is 0 Å². The van der Waals surface area contributed by atoms with Gasteiger partial charge in [-0.3, -0.25) is 9.59 Å². The summed E-state index contributed by atoms with van der Waals surface area (Å²) in [4.78, 5) is 23.6. The molecule has 1 aromatic rings. The fourth-order valence-corrected chi connectivity index (χ4v) is 2.94. The van der Waals surface area contributed by atoms with E-state index in [0.29, 0.717) is 23.6 Å². The maximum atomic E-state index is 11.8. The summed E-state index contributed by atoms with van der Waals surface area (Å²) < 4.78 is 0. The smallest absolute Gasteiger partial charge is 0.313 e. The number of hydrogen-bond acceptors (Lipinski definition) is 3. The number of rotatable bonds is 3. The van der Waals surface area contributed by atoms with E-state index in [-0.39, 0.29) is 11.6 Å². The first-order valence-electron chi connectivity index (χ1n) is 7.16. The SMILES string of the molecule is O=C(NCC1(O)CCCCC1)C(=O)Nc1ccc(Cl)cc1Cl. The molecule has 1 aliphatic rings. The number of halogens is 2. The van der Waals surface area contributed by atoms with Crippen molar-refractivity contribution in [3.8, 4) is 0 Å². The van der Waals surface area contributed by atoms with E-state index >= 15 is 0 Å². The molecule has 0 bridgehead atoms. The molecule has 1 fully saturated rings. The molecular weight excluding hydrogens is 327 g/mol. The summed E-state index contributed by atoms with van der Waals surface area (Å²) in [5, 5.41) is 15.9. The van der Waals surface area contributed by atoms with Crippen LogP contribution in [0.25, 0.3) is 0 Å². The van der Waals surface area contributed by atoms with Gasteiger partial charge in [0.05, 0.1) is 16.3 Å². The van der Waals surface area contributed by atoms with Gasteiger partial charge in [0, 0.05) is 11.6 Å². The van der Waals surface area contributed by atoms with Crippen molar-refractivity contribution in [1.82, 2.24) is 5.32 Å². The van der Waals surface area contributed by atoms with Crippen LogP contribution in [0.15, 0.2) is 18.2 Å². The largest absolute Gasteiger partial charge is 0.388 e. The molecule has 1 aromatic carbocycles. The summed E-state index contributed by atoms with van der Waals surface area (Å²) in [6.45, 7) is 0.0770. The maximum Gasteiger partial charge on any atom is 0.313 e. The van der Waals surface area contributed by atoms with E-state index in [0.717, 1.165) is 19.3 Å². The van der Waals surface area contributed by atoms with Crippen molar-refractivity contribution < 1.29 is 14.7 Å². The molecule has 0 aliphatic heterocycles. The molecule has 0 saturated heterocycles. The Labute approximate surface area is 139 Å². The van der Waals surface area contributed by atoms with Crippen molar-refractivity contribution in [1.29, 1.82) is 0 Å². The average molecular weight is 345 g/mol. The number of carbonyl (C=O) groups is 2. The molecule has 2 amide bonds. The normalized spacial score (nSPS) is 16.9. The van der Waals surface area contributed by atoms with Crippen LogP contribution in [-0.4, -0.2) is 29.1 Å². The van der Waals surface area contributed by atoms with Crippen molar-refractivity contribution in [3.05, 3.63) is 28.2 Å². The fraction of sp³-hybridized carbons (Fsp3) is 0.467. The van der Waals surface area contributed by atoms with Crippen molar-refractivity contribution in [2.75, 3.05) is 11.9 Å². The third kappa shape index (κ3) is 4.60. The van der Waals surface area contributed by atoms with Crippen LogP contribution in [-0.2, 0) is 9.59 Å². The second-order valence-corrected chi connectivity index (χ2v) is 6.39. The topological polar surface area (TPSA) is 78.4 Å². The van der Waals surface area contributed by atoms with Gasteiger partial charge in [-0.15, -0.1) is 0 Å². The van der Waals surface area contributed by atoms with Crippen LogP contribution < -0.4 is 10.6 Å². The Morgan fingerprint density at radius 2 is 1.82 bits per heavy atom. The van der Waals surface area contributed by atoms with Gasteiger partial charge in [0.15, 0.2) is 0 Å². The van der Waals surface area contributed by atoms with Crippen LogP contribution in [0.3, 0.4) is 0 Å². The molecule has 1 aliphatic carbocycles. The number of carbonyl (C=O) groups excluding carboxylic acids is 2. The van der Waals surface area contributed by atoms with Crippen molar-refractivity contribution in [3.63, 3.8) is 0 Å². The average Bonchev–Trinajstić information content (AvgIpc) is 2.48. The van der Waals surface area contributed by atoms with Crippen molar-refractivity contribution in [2.45, 2.75) is 37.7 Å². The predicted molar refractivity (Wildman–Crippen MR) is 86.1 cm³/mol. The summed E-state index contributed by atoms with van der Waals surface area (Å²) in [7, 11) is 0. The summed E-state index contributed by atoms with van der Waals surface area (Å²) >= 11 is 11.7. The number of nitrogens with one attached hydrogen (secondary N) is 2. The first-order chi connectivity index (χ1) is 10.4. The van der Waals surface area contributed by atoms with Crippen LogP contribution >= 0.6 is 23.2 Å². The highest BCUT2D eigenvalue weighted by atomic mass is 35.5. The highest BCUT2D eigenvalue weighted by Gasteiger charge is 2.30. The monoisotopic (exact) mass is 344 g/mol. The minimum atomic E-state index is -0.911. The van der Waals surface area contributed by atoms with Gasteiger partial charge in [-0.25, -0.2) is 0 Å². The van der Waals surface area contributed by atoms with Crippen LogP contribution in [0.1, 0.15) is 32.1 Å². The number of aliphatic hydroxyl groups is 1. The molecule has 5 nitrogen and oxygen atoms in total. The molecule has 1 saturated carbocycles. The molecule has 0 spiro atoms. The molecule has 3 N–H and O–H groups in total. The molecule has 7 heteroatoms. The molecule has 2 rings (SSSR count). The minimum absolute atomic E-state index is 0.0770. The first kappa shape index (κ1) is 17.1. The van der Waals surface area contributed by atoms with Crippen LogP contribution in [0.2, 0.25) is 10.0 Å². The quantitative estimate of drug-likeness (QED) is 0.737. The standard InChI is InChI=1S/C15H18Cl2N2O3/c16-10-4-5-12(11(17)8-10)19-14(21)13(20)18-9-15(22)6-2-1-3-7-15/h4-5,8,22H,1-3,6-7,9H2,(H,18,20)(H,19,21). The summed E-state index contributed by atoms with van der Waals surface area (Å²) in [6, 6.07) is 4.55. The second kappa shape index (κ2) is 7.31. The molecule has 0 radical (unpaired) electrons. The second-order valence-electron chi connectivity index (χ2n) is 5.55. The van der Waals surface area contributed by atoms with E-state index in [1.165, 1.54) is 12.1 Å². The maximum absolute atomic E-state index is 11.8. The molecular formula is C15H18Cl2N2O3. The van der Waals surface area contributed by atoms with Gasteiger partial charge in [-0.05, 0) is 31.0 Å². The predicted octanol–water partition coefficient (Wildman–Crippen LogP) is 2.74. The van der Waals surface area contributed by atoms with Crippen molar-refractivity contribution >= 4 is 40.7 Å². The Morgan fingerprint density at radius 3 is 2.45 bits per heavy atom. The Kier molecular flexibility index (Phi) is 5.67. The van der Waals surface area contributed by atoms with Gasteiger partial charge in [-0.2, -0.15) is 0 Å². The number of amides is 2. The van der Waals surface area contributed by atoms with E-state index in [1.54, 1.807) is 6.07 Å². The Balaban J connectivity index is 1.88. The first-order valence-corrected chi connectivity index (χ1v) is 7.92. The Hall–Kier alpha value is -1.30. The van der Waals surface area contributed by atoms with Crippen LogP contribution in [0.4, 0.5) is 5.69 Å². The molecule has 22 heavy (non-hydrogen) atoms. The molecule has 120 valence electrons. The zero-order valence-electron chi connectivity index (χ0n) is 12.0. The lowest BCUT2D eigenvalue weighted by Gasteiger charge is -2.31. The third-order valence-corrected chi connectivity index (χ3v) is 4.30. The van der Waals surface area contributed by atoms with Gasteiger partial charge < -0.3 is 15.7 Å². The van der Waals surface area contributed by atoms with Gasteiger partial charge >= 0.3 is 11.8 Å². The molecule has 0 aromatic heterocycles. The lowest BCUT2D eigenvalue weighted by atomic mass is 9.85. The summed E-state index contributed by atoms with van der Waals surface area (Å²) in [5.74, 6) is -1.63. The van der Waals surface area contributed by atoms with Gasteiger partial charge in [0.25, 0.3) is 0 Å². The zero-order valence-corrected chi connectivity index (χ0v) is 13.5. The molecule has 0 heterocycles. The van der Waals surface area contributed by atoms with Gasteiger partial charge in [0.2, 0.25) is 0 Å². The lowest BCUT2D eigenvalue weighted by molar-refractivity contribution is -0.137. The third-order valence-electron chi connectivity index (χ3n) is 3.75. The molecule has 0 atom stereocenters. The van der Waals surface area contributed by atoms with Gasteiger partial charge in [-0.1, -0.05) is 42.5 Å². The molecule has 0 unspecified atom stereocenters. The van der Waals surface area contributed by atoms with E-state index < -0.39 is 17.4 Å². The number of anilines is 1. The highest BCUT2D eigenvalue weighted by molar-refractivity contribution is 6.42. The number of hydrogen-bond donors (Lipinski definition) is 3. The Morgan fingerprint density at radius 1 is 1.14 bits per heavy atom. The highest BCUT2D eigenvalue weighted by Crippen LogP contribution is 2.27. The van der Waals surface area contributed by atoms with E-state index in [4.69, 9.17) is 23.2 Å². The van der Waals surface area contributed by atoms with Crippen molar-refractivity contribution in [2.24, 2.45) is 0 Å². The minimum Gasteiger partial charge on any atom is -0.388 e. The van der Waals surface area contributed by atoms with Crippen LogP contribution in [0, 0.1) is 0 Å². The zero-order chi connectivity index (χ0) is 16.2. The summed E-state index contributed by atoms with van der Waals surface area (Å²) in [6.07, 6.45) is 4.22. The fourth-order valence-electron chi connectivity index (χ4n) is 2.48. The number of benzene rings is 1. The van der Waals surface area contributed by atoms with E-state index in [2.05, 4.69) is 10.6 Å².